The topological polar surface area (TPSA) is 87.2 Å². The van der Waals surface area contributed by atoms with Gasteiger partial charge in [-0.2, -0.15) is 4.31 Å². The van der Waals surface area contributed by atoms with Crippen molar-refractivity contribution in [3.05, 3.63) is 54.1 Å². The number of hydrogen-bond acceptors (Lipinski definition) is 6. The number of nitrogens with zero attached hydrogens (tertiary/aromatic N) is 2. The largest absolute Gasteiger partial charge is 0.480 e. The van der Waals surface area contributed by atoms with Gasteiger partial charge in [0.05, 0.1) is 18.1 Å². The Morgan fingerprint density at radius 2 is 1.79 bits per heavy atom. The first-order valence-corrected chi connectivity index (χ1v) is 13.3. The number of aliphatic carboxylic acids is 1. The lowest BCUT2D eigenvalue weighted by Crippen LogP contribution is -2.51. The molecule has 0 bridgehead atoms. The lowest BCUT2D eigenvalue weighted by atomic mass is 10.0. The lowest BCUT2D eigenvalue weighted by Gasteiger charge is -2.33. The first-order chi connectivity index (χ1) is 15.7. The highest BCUT2D eigenvalue weighted by molar-refractivity contribution is 7.99. The molecule has 9 heteroatoms. The monoisotopic (exact) mass is 492 g/mol. The molecule has 180 valence electrons. The van der Waals surface area contributed by atoms with Gasteiger partial charge in [0.25, 0.3) is 0 Å². The number of rotatable bonds is 10. The second kappa shape index (κ2) is 11.5. The Kier molecular flexibility index (Phi) is 8.95. The summed E-state index contributed by atoms with van der Waals surface area (Å²) < 4.78 is 33.7. The third-order valence-corrected chi connectivity index (χ3v) is 8.48. The van der Waals surface area contributed by atoms with Crippen molar-refractivity contribution in [2.45, 2.75) is 41.5 Å². The Labute approximate surface area is 200 Å². The summed E-state index contributed by atoms with van der Waals surface area (Å²) in [5.74, 6) is -1.51. The summed E-state index contributed by atoms with van der Waals surface area (Å²) in [5, 5.41) is 9.85. The molecule has 0 unspecified atom stereocenters. The predicted molar refractivity (Wildman–Crippen MR) is 129 cm³/mol. The van der Waals surface area contributed by atoms with E-state index in [1.807, 2.05) is 25.1 Å². The zero-order valence-electron chi connectivity index (χ0n) is 19.3. The number of carboxylic acid groups (broad SMARTS) is 1. The molecule has 1 fully saturated rings. The molecule has 0 amide bonds. The van der Waals surface area contributed by atoms with Crippen LogP contribution in [0.15, 0.2) is 63.2 Å². The number of benzene rings is 2. The average molecular weight is 493 g/mol. The third kappa shape index (κ3) is 6.80. The number of hydrogen-bond donors (Lipinski definition) is 1. The van der Waals surface area contributed by atoms with Gasteiger partial charge in [0.2, 0.25) is 10.0 Å². The normalized spacial score (nSPS) is 16.3. The zero-order chi connectivity index (χ0) is 24.0. The van der Waals surface area contributed by atoms with Crippen LogP contribution < -0.4 is 0 Å². The van der Waals surface area contributed by atoms with Crippen LogP contribution in [0.2, 0.25) is 0 Å². The van der Waals surface area contributed by atoms with Crippen LogP contribution in [-0.2, 0) is 19.6 Å². The maximum Gasteiger partial charge on any atom is 0.322 e. The van der Waals surface area contributed by atoms with Crippen LogP contribution in [0.25, 0.3) is 0 Å². The van der Waals surface area contributed by atoms with Crippen LogP contribution in [0.4, 0.5) is 0 Å². The highest BCUT2D eigenvalue weighted by Crippen LogP contribution is 2.30. The van der Waals surface area contributed by atoms with Crippen LogP contribution in [0, 0.1) is 12.8 Å². The maximum atomic E-state index is 13.6. The van der Waals surface area contributed by atoms with Crippen LogP contribution >= 0.6 is 11.8 Å². The predicted octanol–water partition coefficient (Wildman–Crippen LogP) is 3.58. The minimum Gasteiger partial charge on any atom is -0.480 e. The summed E-state index contributed by atoms with van der Waals surface area (Å²) in [7, 11) is -4.00. The molecular weight excluding hydrogens is 460 g/mol. The number of ether oxygens (including phenoxy) is 1. The van der Waals surface area contributed by atoms with Crippen molar-refractivity contribution in [2.24, 2.45) is 5.92 Å². The zero-order valence-corrected chi connectivity index (χ0v) is 20.9. The van der Waals surface area contributed by atoms with Crippen LogP contribution in [0.5, 0.6) is 0 Å². The first kappa shape index (κ1) is 25.7. The Morgan fingerprint density at radius 1 is 1.12 bits per heavy atom. The summed E-state index contributed by atoms with van der Waals surface area (Å²) in [6.07, 6.45) is 0. The molecule has 0 aliphatic carbocycles. The molecule has 0 spiro atoms. The van der Waals surface area contributed by atoms with Gasteiger partial charge in [-0.25, -0.2) is 8.42 Å². The Balaban J connectivity index is 1.83. The van der Waals surface area contributed by atoms with Crippen LogP contribution in [0.3, 0.4) is 0 Å². The van der Waals surface area contributed by atoms with E-state index < -0.39 is 22.0 Å². The molecule has 1 N–H and O–H groups in total. The molecule has 1 heterocycles. The molecule has 0 aromatic heterocycles. The van der Waals surface area contributed by atoms with Gasteiger partial charge in [-0.3, -0.25) is 9.69 Å². The minimum atomic E-state index is -4.00. The summed E-state index contributed by atoms with van der Waals surface area (Å²) in [6, 6.07) is 13.6. The van der Waals surface area contributed by atoms with Gasteiger partial charge >= 0.3 is 5.97 Å². The number of sulfonamides is 1. The first-order valence-electron chi connectivity index (χ1n) is 11.1. The second-order valence-corrected chi connectivity index (χ2v) is 11.5. The quantitative estimate of drug-likeness (QED) is 0.542. The van der Waals surface area contributed by atoms with E-state index in [0.29, 0.717) is 32.8 Å². The van der Waals surface area contributed by atoms with Crippen molar-refractivity contribution in [1.82, 2.24) is 9.21 Å². The fraction of sp³-hybridized carbons (Fsp3) is 0.458. The summed E-state index contributed by atoms with van der Waals surface area (Å²) in [4.78, 5) is 16.2. The van der Waals surface area contributed by atoms with Gasteiger partial charge in [-0.15, -0.1) is 0 Å². The van der Waals surface area contributed by atoms with Gasteiger partial charge in [0, 0.05) is 36.0 Å². The molecule has 7 nitrogen and oxygen atoms in total. The van der Waals surface area contributed by atoms with E-state index in [9.17, 15) is 18.3 Å². The van der Waals surface area contributed by atoms with Crippen molar-refractivity contribution >= 4 is 27.8 Å². The van der Waals surface area contributed by atoms with Gasteiger partial charge in [0.1, 0.15) is 6.04 Å². The molecule has 0 radical (unpaired) electrons. The molecule has 1 aliphatic heterocycles. The molecule has 1 saturated heterocycles. The molecule has 1 atom stereocenters. The number of carboxylic acids is 1. The Hall–Kier alpha value is -1.91. The summed E-state index contributed by atoms with van der Waals surface area (Å²) in [6.45, 7) is 8.67. The molecule has 2 aromatic rings. The summed E-state index contributed by atoms with van der Waals surface area (Å²) >= 11 is 1.55. The van der Waals surface area contributed by atoms with Gasteiger partial charge in [-0.05, 0) is 49.2 Å². The summed E-state index contributed by atoms with van der Waals surface area (Å²) in [5.41, 5.74) is 1.16. The maximum absolute atomic E-state index is 13.6. The Bertz CT molecular complexity index is 1040. The van der Waals surface area contributed by atoms with Gasteiger partial charge in [0.15, 0.2) is 0 Å². The molecule has 2 aromatic carbocycles. The standard InChI is InChI=1S/C24H32N2O5S2/c1-18(2)23(24(27)28)26(12-11-25-13-15-31-16-14-25)33(29,30)22-9-7-20(8-10-22)32-21-6-4-5-19(3)17-21/h4-10,17-18,23H,11-16H2,1-3H3,(H,27,28)/t23-/m1/s1. The van der Waals surface area contributed by atoms with E-state index in [-0.39, 0.29) is 17.4 Å². The van der Waals surface area contributed by atoms with Crippen molar-refractivity contribution in [3.63, 3.8) is 0 Å². The van der Waals surface area contributed by atoms with Crippen molar-refractivity contribution < 1.29 is 23.1 Å². The number of aryl methyl sites for hydroxylation is 1. The smallest absolute Gasteiger partial charge is 0.322 e. The van der Waals surface area contributed by atoms with E-state index in [0.717, 1.165) is 19.7 Å². The molecule has 0 saturated carbocycles. The third-order valence-electron chi connectivity index (χ3n) is 5.59. The van der Waals surface area contributed by atoms with Gasteiger partial charge in [-0.1, -0.05) is 43.3 Å². The van der Waals surface area contributed by atoms with Crippen molar-refractivity contribution in [2.75, 3.05) is 39.4 Å². The second-order valence-electron chi connectivity index (χ2n) is 8.49. The van der Waals surface area contributed by atoms with Crippen molar-refractivity contribution in [3.8, 4) is 0 Å². The molecule has 33 heavy (non-hydrogen) atoms. The average Bonchev–Trinajstić information content (AvgIpc) is 2.77. The molecule has 1 aliphatic rings. The molecule has 3 rings (SSSR count). The van der Waals surface area contributed by atoms with Crippen LogP contribution in [0.1, 0.15) is 19.4 Å². The Morgan fingerprint density at radius 3 is 2.36 bits per heavy atom. The van der Waals surface area contributed by atoms with Crippen molar-refractivity contribution in [1.29, 1.82) is 0 Å². The number of carbonyl (C=O) groups is 1. The fourth-order valence-corrected chi connectivity index (χ4v) is 6.49. The van der Waals surface area contributed by atoms with E-state index in [4.69, 9.17) is 4.74 Å². The van der Waals surface area contributed by atoms with E-state index >= 15 is 0 Å². The van der Waals surface area contributed by atoms with E-state index in [1.165, 1.54) is 0 Å². The SMILES string of the molecule is Cc1cccc(Sc2ccc(S(=O)(=O)N(CCN3CCOCC3)[C@@H](C(=O)O)C(C)C)cc2)c1. The van der Waals surface area contributed by atoms with E-state index in [2.05, 4.69) is 11.0 Å². The highest BCUT2D eigenvalue weighted by Gasteiger charge is 2.38. The molecular formula is C24H32N2O5S2. The highest BCUT2D eigenvalue weighted by atomic mass is 32.2. The lowest BCUT2D eigenvalue weighted by molar-refractivity contribution is -0.143. The van der Waals surface area contributed by atoms with Gasteiger partial charge < -0.3 is 9.84 Å². The fourth-order valence-electron chi connectivity index (χ4n) is 3.84. The minimum absolute atomic E-state index is 0.102. The van der Waals surface area contributed by atoms with Crippen LogP contribution in [-0.4, -0.2) is 74.1 Å². The van der Waals surface area contributed by atoms with E-state index in [1.54, 1.807) is 49.9 Å². The number of morpholine rings is 1.